The van der Waals surface area contributed by atoms with Gasteiger partial charge in [-0.05, 0) is 74.2 Å². The van der Waals surface area contributed by atoms with Gasteiger partial charge in [0.1, 0.15) is 5.82 Å². The molecule has 0 bridgehead atoms. The third-order valence-electron chi connectivity index (χ3n) is 7.09. The molecule has 0 spiro atoms. The predicted octanol–water partition coefficient (Wildman–Crippen LogP) is 6.92. The summed E-state index contributed by atoms with van der Waals surface area (Å²) in [6.45, 7) is 8.19. The van der Waals surface area contributed by atoms with Gasteiger partial charge in [0.15, 0.2) is 0 Å². The average molecular weight is 513 g/mol. The number of alkyl halides is 3. The molecule has 0 saturated carbocycles. The lowest BCUT2D eigenvalue weighted by atomic mass is 9.88. The van der Waals surface area contributed by atoms with Crippen molar-refractivity contribution in [3.05, 3.63) is 106 Å². The summed E-state index contributed by atoms with van der Waals surface area (Å²) in [4.78, 5) is 17.5. The number of hydrogen-bond acceptors (Lipinski definition) is 2. The van der Waals surface area contributed by atoms with Crippen molar-refractivity contribution >= 4 is 5.91 Å². The van der Waals surface area contributed by atoms with Crippen molar-refractivity contribution in [1.82, 2.24) is 9.80 Å². The highest BCUT2D eigenvalue weighted by atomic mass is 19.4. The van der Waals surface area contributed by atoms with E-state index in [-0.39, 0.29) is 29.6 Å². The van der Waals surface area contributed by atoms with Gasteiger partial charge in [0.2, 0.25) is 0 Å². The second-order valence-electron chi connectivity index (χ2n) is 10.2. The standard InChI is InChI=1S/C30H32F4N2O/c1-20(2)36(29(37)23-11-7-21(3)8-12-23)18-25-17-35(19-28(25)24-5-4-6-27(31)15-24)16-22-9-13-26(14-10-22)30(32,33)34/h4-15,20,25,28H,16-19H2,1-3H3/t25-,28-/m1/s1. The molecule has 0 aromatic heterocycles. The monoisotopic (exact) mass is 512 g/mol. The maximum absolute atomic E-state index is 14.1. The fourth-order valence-electron chi connectivity index (χ4n) is 5.09. The molecule has 0 N–H and O–H groups in total. The number of nitrogens with zero attached hydrogens (tertiary/aromatic N) is 2. The van der Waals surface area contributed by atoms with Crippen LogP contribution >= 0.6 is 0 Å². The highest BCUT2D eigenvalue weighted by Crippen LogP contribution is 2.35. The second kappa shape index (κ2) is 11.1. The van der Waals surface area contributed by atoms with Crippen molar-refractivity contribution in [1.29, 1.82) is 0 Å². The van der Waals surface area contributed by atoms with E-state index in [1.165, 1.54) is 18.2 Å². The van der Waals surface area contributed by atoms with Crippen molar-refractivity contribution in [2.24, 2.45) is 5.92 Å². The lowest BCUT2D eigenvalue weighted by molar-refractivity contribution is -0.137. The smallest absolute Gasteiger partial charge is 0.336 e. The molecular formula is C30H32F4N2O. The van der Waals surface area contributed by atoms with E-state index < -0.39 is 11.7 Å². The van der Waals surface area contributed by atoms with Crippen molar-refractivity contribution in [2.75, 3.05) is 19.6 Å². The Balaban J connectivity index is 1.56. The molecule has 3 aromatic rings. The molecule has 1 aliphatic heterocycles. The highest BCUT2D eigenvalue weighted by molar-refractivity contribution is 5.94. The topological polar surface area (TPSA) is 23.6 Å². The second-order valence-corrected chi connectivity index (χ2v) is 10.2. The lowest BCUT2D eigenvalue weighted by Gasteiger charge is -2.32. The number of rotatable bonds is 7. The van der Waals surface area contributed by atoms with Crippen LogP contribution in [0.4, 0.5) is 17.6 Å². The fourth-order valence-corrected chi connectivity index (χ4v) is 5.09. The van der Waals surface area contributed by atoms with E-state index in [0.29, 0.717) is 31.7 Å². The van der Waals surface area contributed by atoms with Crippen LogP contribution in [0.25, 0.3) is 0 Å². The van der Waals surface area contributed by atoms with E-state index in [9.17, 15) is 22.4 Å². The fraction of sp³-hybridized carbons (Fsp3) is 0.367. The van der Waals surface area contributed by atoms with Crippen LogP contribution in [0.3, 0.4) is 0 Å². The van der Waals surface area contributed by atoms with Crippen molar-refractivity contribution < 1.29 is 22.4 Å². The zero-order chi connectivity index (χ0) is 26.7. The third kappa shape index (κ3) is 6.58. The van der Waals surface area contributed by atoms with Gasteiger partial charge in [-0.25, -0.2) is 4.39 Å². The number of hydrogen-bond donors (Lipinski definition) is 0. The molecule has 0 unspecified atom stereocenters. The molecular weight excluding hydrogens is 480 g/mol. The number of aryl methyl sites for hydroxylation is 1. The summed E-state index contributed by atoms with van der Waals surface area (Å²) in [5, 5.41) is 0. The molecule has 2 atom stereocenters. The Morgan fingerprint density at radius 1 is 1.00 bits per heavy atom. The number of likely N-dealkylation sites (tertiary alicyclic amines) is 1. The van der Waals surface area contributed by atoms with Gasteiger partial charge in [0.05, 0.1) is 5.56 Å². The lowest BCUT2D eigenvalue weighted by Crippen LogP contribution is -2.42. The summed E-state index contributed by atoms with van der Waals surface area (Å²) in [6, 6.07) is 19.3. The van der Waals surface area contributed by atoms with Crippen molar-refractivity contribution in [3.63, 3.8) is 0 Å². The van der Waals surface area contributed by atoms with Gasteiger partial charge in [0.25, 0.3) is 5.91 Å². The first-order valence-corrected chi connectivity index (χ1v) is 12.5. The van der Waals surface area contributed by atoms with Gasteiger partial charge in [0, 0.05) is 43.7 Å². The zero-order valence-corrected chi connectivity index (χ0v) is 21.3. The molecule has 7 heteroatoms. The Bertz CT molecular complexity index is 1210. The molecule has 3 aromatic carbocycles. The highest BCUT2D eigenvalue weighted by Gasteiger charge is 2.37. The third-order valence-corrected chi connectivity index (χ3v) is 7.09. The molecule has 1 aliphatic rings. The molecule has 1 fully saturated rings. The van der Waals surface area contributed by atoms with Crippen LogP contribution in [0.1, 0.15) is 52.4 Å². The van der Waals surface area contributed by atoms with E-state index in [1.807, 2.05) is 56.0 Å². The van der Waals surface area contributed by atoms with Crippen LogP contribution in [-0.4, -0.2) is 41.4 Å². The number of halogens is 4. The van der Waals surface area contributed by atoms with Gasteiger partial charge in [-0.2, -0.15) is 13.2 Å². The molecule has 37 heavy (non-hydrogen) atoms. The van der Waals surface area contributed by atoms with Crippen LogP contribution in [0.15, 0.2) is 72.8 Å². The minimum Gasteiger partial charge on any atom is -0.336 e. The van der Waals surface area contributed by atoms with Crippen LogP contribution in [-0.2, 0) is 12.7 Å². The van der Waals surface area contributed by atoms with Gasteiger partial charge < -0.3 is 4.90 Å². The average Bonchev–Trinajstić information content (AvgIpc) is 3.24. The Morgan fingerprint density at radius 3 is 2.27 bits per heavy atom. The Morgan fingerprint density at radius 2 is 1.68 bits per heavy atom. The van der Waals surface area contributed by atoms with Gasteiger partial charge in [-0.1, -0.05) is 42.0 Å². The molecule has 196 valence electrons. The van der Waals surface area contributed by atoms with E-state index in [2.05, 4.69) is 4.90 Å². The Labute approximate surface area is 215 Å². The molecule has 1 saturated heterocycles. The Kier molecular flexibility index (Phi) is 8.02. The largest absolute Gasteiger partial charge is 0.416 e. The summed E-state index contributed by atoms with van der Waals surface area (Å²) in [6.07, 6.45) is -4.37. The van der Waals surface area contributed by atoms with Crippen LogP contribution in [0, 0.1) is 18.7 Å². The molecule has 3 nitrogen and oxygen atoms in total. The normalized spacial score (nSPS) is 18.4. The summed E-state index contributed by atoms with van der Waals surface area (Å²) in [5.74, 6) is -0.340. The van der Waals surface area contributed by atoms with Gasteiger partial charge in [-0.3, -0.25) is 9.69 Å². The zero-order valence-electron chi connectivity index (χ0n) is 21.3. The first kappa shape index (κ1) is 26.9. The molecule has 1 heterocycles. The number of carbonyl (C=O) groups excluding carboxylic acids is 1. The summed E-state index contributed by atoms with van der Waals surface area (Å²) < 4.78 is 53.0. The van der Waals surface area contributed by atoms with Gasteiger partial charge in [-0.15, -0.1) is 0 Å². The summed E-state index contributed by atoms with van der Waals surface area (Å²) in [5.41, 5.74) is 2.68. The van der Waals surface area contributed by atoms with Crippen molar-refractivity contribution in [3.8, 4) is 0 Å². The van der Waals surface area contributed by atoms with E-state index >= 15 is 0 Å². The minimum absolute atomic E-state index is 0.0165. The first-order chi connectivity index (χ1) is 17.5. The number of amides is 1. The summed E-state index contributed by atoms with van der Waals surface area (Å²) in [7, 11) is 0. The Hall–Kier alpha value is -3.19. The van der Waals surface area contributed by atoms with Crippen molar-refractivity contribution in [2.45, 2.75) is 45.5 Å². The summed E-state index contributed by atoms with van der Waals surface area (Å²) >= 11 is 0. The SMILES string of the molecule is Cc1ccc(C(=O)N(C[C@H]2CN(Cc3ccc(C(F)(F)F)cc3)C[C@@H]2c2cccc(F)c2)C(C)C)cc1. The number of benzene rings is 3. The minimum atomic E-state index is -4.37. The van der Waals surface area contributed by atoms with Crippen LogP contribution < -0.4 is 0 Å². The van der Waals surface area contributed by atoms with Gasteiger partial charge >= 0.3 is 6.18 Å². The van der Waals surface area contributed by atoms with Crippen LogP contribution in [0.2, 0.25) is 0 Å². The van der Waals surface area contributed by atoms with E-state index in [1.54, 1.807) is 12.1 Å². The van der Waals surface area contributed by atoms with E-state index in [0.717, 1.165) is 28.8 Å². The molecule has 1 amide bonds. The maximum atomic E-state index is 14.1. The van der Waals surface area contributed by atoms with Crippen LogP contribution in [0.5, 0.6) is 0 Å². The maximum Gasteiger partial charge on any atom is 0.416 e. The molecule has 0 aliphatic carbocycles. The predicted molar refractivity (Wildman–Crippen MR) is 137 cm³/mol. The first-order valence-electron chi connectivity index (χ1n) is 12.5. The quantitative estimate of drug-likeness (QED) is 0.321. The molecule has 0 radical (unpaired) electrons. The van der Waals surface area contributed by atoms with E-state index in [4.69, 9.17) is 0 Å². The number of carbonyl (C=O) groups is 1. The molecule has 4 rings (SSSR count).